The van der Waals surface area contributed by atoms with E-state index >= 15 is 0 Å². The summed E-state index contributed by atoms with van der Waals surface area (Å²) in [5, 5.41) is 22.2. The van der Waals surface area contributed by atoms with E-state index in [1.807, 2.05) is 50.2 Å². The lowest BCUT2D eigenvalue weighted by molar-refractivity contribution is -0.151. The third-order valence-electron chi connectivity index (χ3n) is 7.08. The van der Waals surface area contributed by atoms with E-state index in [9.17, 15) is 24.6 Å². The molecule has 35 heavy (non-hydrogen) atoms. The fourth-order valence-corrected chi connectivity index (χ4v) is 5.48. The Labute approximate surface area is 204 Å². The normalized spacial score (nSPS) is 20.8. The minimum absolute atomic E-state index is 0.0000759. The first-order chi connectivity index (χ1) is 16.7. The zero-order chi connectivity index (χ0) is 25.3. The number of likely N-dealkylation sites (tertiary alicyclic amines) is 1. The molecule has 2 aromatic rings. The van der Waals surface area contributed by atoms with Crippen molar-refractivity contribution >= 4 is 18.0 Å². The fraction of sp³-hybridized carbons (Fsp3) is 0.444. The summed E-state index contributed by atoms with van der Waals surface area (Å²) in [6.45, 7) is 5.54. The van der Waals surface area contributed by atoms with Gasteiger partial charge >= 0.3 is 12.1 Å². The number of nitrogens with one attached hydrogen (secondary N) is 1. The monoisotopic (exact) mass is 480 g/mol. The largest absolute Gasteiger partial charge is 0.480 e. The van der Waals surface area contributed by atoms with Gasteiger partial charge in [0.05, 0.1) is 12.0 Å². The molecule has 186 valence electrons. The topological polar surface area (TPSA) is 116 Å². The van der Waals surface area contributed by atoms with Crippen molar-refractivity contribution in [3.8, 4) is 11.1 Å². The number of amides is 2. The van der Waals surface area contributed by atoms with E-state index in [-0.39, 0.29) is 31.4 Å². The van der Waals surface area contributed by atoms with Gasteiger partial charge in [-0.2, -0.15) is 0 Å². The molecule has 2 aromatic carbocycles. The van der Waals surface area contributed by atoms with Crippen molar-refractivity contribution in [2.75, 3.05) is 13.2 Å². The number of ether oxygens (including phenoxy) is 1. The molecule has 4 atom stereocenters. The molecule has 8 heteroatoms. The maximum absolute atomic E-state index is 13.3. The number of aliphatic carboxylic acids is 1. The number of hydrogen-bond acceptors (Lipinski definition) is 5. The van der Waals surface area contributed by atoms with Crippen LogP contribution < -0.4 is 5.32 Å². The second-order valence-corrected chi connectivity index (χ2v) is 9.76. The maximum atomic E-state index is 13.3. The van der Waals surface area contributed by atoms with Gasteiger partial charge in [0.25, 0.3) is 0 Å². The molecule has 2 aliphatic rings. The highest BCUT2D eigenvalue weighted by Crippen LogP contribution is 2.44. The number of carboxylic acids is 1. The maximum Gasteiger partial charge on any atom is 0.407 e. The molecule has 0 spiro atoms. The van der Waals surface area contributed by atoms with Crippen LogP contribution in [0.25, 0.3) is 11.1 Å². The standard InChI is InChI=1S/C27H32N2O6/c1-15(2)24(25(31)29-13-17(30)12-23(29)26(32)33)16(3)28-27(34)35-14-22-20-10-6-4-8-18(20)19-9-5-7-11-21(19)22/h4-11,15-17,22-24,30H,12-14H2,1-3H3,(H,28,34)(H,32,33)/t16?,17-,23-,24?/m1/s1. The van der Waals surface area contributed by atoms with Crippen LogP contribution in [0.5, 0.6) is 0 Å². The van der Waals surface area contributed by atoms with E-state index in [0.717, 1.165) is 22.3 Å². The summed E-state index contributed by atoms with van der Waals surface area (Å²) in [6.07, 6.45) is -1.51. The number of β-amino-alcohol motifs (C(OH)–C–C–N with tert-alkyl or cyclic N) is 1. The first-order valence-corrected chi connectivity index (χ1v) is 12.0. The number of alkyl carbamates (subject to hydrolysis) is 1. The summed E-state index contributed by atoms with van der Waals surface area (Å²) in [7, 11) is 0. The van der Waals surface area contributed by atoms with E-state index in [1.165, 1.54) is 4.90 Å². The third kappa shape index (κ3) is 4.89. The predicted octanol–water partition coefficient (Wildman–Crippen LogP) is 3.23. The van der Waals surface area contributed by atoms with Crippen molar-refractivity contribution in [1.29, 1.82) is 0 Å². The Hall–Kier alpha value is -3.39. The first kappa shape index (κ1) is 24.7. The number of hydrogen-bond donors (Lipinski definition) is 3. The molecule has 2 unspecified atom stereocenters. The Bertz CT molecular complexity index is 1070. The molecule has 0 bridgehead atoms. The van der Waals surface area contributed by atoms with Crippen LogP contribution >= 0.6 is 0 Å². The van der Waals surface area contributed by atoms with E-state index in [2.05, 4.69) is 17.4 Å². The van der Waals surface area contributed by atoms with Crippen molar-refractivity contribution in [2.45, 2.75) is 51.3 Å². The Morgan fingerprint density at radius 1 is 1.03 bits per heavy atom. The average Bonchev–Trinajstić information content (AvgIpc) is 3.36. The van der Waals surface area contributed by atoms with Crippen molar-refractivity contribution in [2.24, 2.45) is 11.8 Å². The highest BCUT2D eigenvalue weighted by atomic mass is 16.5. The molecular formula is C27H32N2O6. The third-order valence-corrected chi connectivity index (χ3v) is 7.08. The zero-order valence-corrected chi connectivity index (χ0v) is 20.2. The van der Waals surface area contributed by atoms with Gasteiger partial charge < -0.3 is 25.2 Å². The summed E-state index contributed by atoms with van der Waals surface area (Å²) in [5.74, 6) is -2.44. The molecule has 8 nitrogen and oxygen atoms in total. The van der Waals surface area contributed by atoms with Crippen molar-refractivity contribution < 1.29 is 29.3 Å². The smallest absolute Gasteiger partial charge is 0.407 e. The van der Waals surface area contributed by atoms with E-state index in [0.29, 0.717) is 0 Å². The van der Waals surface area contributed by atoms with Crippen molar-refractivity contribution in [1.82, 2.24) is 10.2 Å². The van der Waals surface area contributed by atoms with Gasteiger partial charge in [-0.15, -0.1) is 0 Å². The van der Waals surface area contributed by atoms with Gasteiger partial charge in [-0.25, -0.2) is 9.59 Å². The van der Waals surface area contributed by atoms with Crippen LogP contribution in [0.1, 0.15) is 44.2 Å². The predicted molar refractivity (Wildman–Crippen MR) is 130 cm³/mol. The highest BCUT2D eigenvalue weighted by Gasteiger charge is 2.43. The lowest BCUT2D eigenvalue weighted by Crippen LogP contribution is -2.51. The molecular weight excluding hydrogens is 448 g/mol. The summed E-state index contributed by atoms with van der Waals surface area (Å²) in [4.78, 5) is 38.8. The van der Waals surface area contributed by atoms with E-state index < -0.39 is 42.1 Å². The summed E-state index contributed by atoms with van der Waals surface area (Å²) in [5.41, 5.74) is 4.49. The number of nitrogens with zero attached hydrogens (tertiary/aromatic N) is 1. The Morgan fingerprint density at radius 3 is 2.14 bits per heavy atom. The van der Waals surface area contributed by atoms with Gasteiger partial charge in [-0.3, -0.25) is 4.79 Å². The molecule has 1 fully saturated rings. The minimum Gasteiger partial charge on any atom is -0.480 e. The van der Waals surface area contributed by atoms with Gasteiger partial charge in [0.15, 0.2) is 0 Å². The SMILES string of the molecule is CC(C)C(C(=O)N1C[C@H](O)C[C@@H]1C(=O)O)C(C)NC(=O)OCC1c2ccccc2-c2ccccc21. The second-order valence-electron chi connectivity index (χ2n) is 9.76. The van der Waals surface area contributed by atoms with Gasteiger partial charge in [0, 0.05) is 24.9 Å². The van der Waals surface area contributed by atoms with Crippen molar-refractivity contribution in [3.63, 3.8) is 0 Å². The second kappa shape index (κ2) is 10.1. The molecule has 3 N–H and O–H groups in total. The molecule has 0 saturated carbocycles. The van der Waals surface area contributed by atoms with E-state index in [1.54, 1.807) is 6.92 Å². The Kier molecular flexibility index (Phi) is 7.12. The first-order valence-electron chi connectivity index (χ1n) is 12.0. The summed E-state index contributed by atoms with van der Waals surface area (Å²) >= 11 is 0. The number of fused-ring (bicyclic) bond motifs is 3. The number of rotatable bonds is 7. The molecule has 4 rings (SSSR count). The van der Waals surface area contributed by atoms with Crippen LogP contribution in [0.2, 0.25) is 0 Å². The van der Waals surface area contributed by atoms with Crippen LogP contribution in [0.15, 0.2) is 48.5 Å². The molecule has 1 saturated heterocycles. The lowest BCUT2D eigenvalue weighted by atomic mass is 9.87. The molecule has 1 aliphatic heterocycles. The van der Waals surface area contributed by atoms with Crippen LogP contribution in [0.4, 0.5) is 4.79 Å². The quantitative estimate of drug-likeness (QED) is 0.560. The van der Waals surface area contributed by atoms with Gasteiger partial charge in [-0.1, -0.05) is 62.4 Å². The number of carbonyl (C=O) groups excluding carboxylic acids is 2. The number of aliphatic hydroxyl groups is 1. The zero-order valence-electron chi connectivity index (χ0n) is 20.2. The molecule has 0 aromatic heterocycles. The van der Waals surface area contributed by atoms with Gasteiger partial charge in [0.1, 0.15) is 12.6 Å². The Morgan fingerprint density at radius 2 is 1.60 bits per heavy atom. The molecule has 1 heterocycles. The number of carboxylic acid groups (broad SMARTS) is 1. The molecule has 2 amide bonds. The molecule has 1 aliphatic carbocycles. The summed E-state index contributed by atoms with van der Waals surface area (Å²) < 4.78 is 5.61. The van der Waals surface area contributed by atoms with Gasteiger partial charge in [0.2, 0.25) is 5.91 Å². The fourth-order valence-electron chi connectivity index (χ4n) is 5.48. The highest BCUT2D eigenvalue weighted by molar-refractivity contribution is 5.87. The van der Waals surface area contributed by atoms with Crippen LogP contribution in [-0.2, 0) is 14.3 Å². The number of benzene rings is 2. The van der Waals surface area contributed by atoms with Crippen LogP contribution in [0, 0.1) is 11.8 Å². The van der Waals surface area contributed by atoms with Crippen LogP contribution in [-0.4, -0.2) is 64.4 Å². The van der Waals surface area contributed by atoms with Crippen LogP contribution in [0.3, 0.4) is 0 Å². The van der Waals surface area contributed by atoms with Gasteiger partial charge in [-0.05, 0) is 35.1 Å². The number of aliphatic hydroxyl groups excluding tert-OH is 1. The summed E-state index contributed by atoms with van der Waals surface area (Å²) in [6, 6.07) is 14.5. The Balaban J connectivity index is 1.42. The number of carbonyl (C=O) groups is 3. The lowest BCUT2D eigenvalue weighted by Gasteiger charge is -2.32. The average molecular weight is 481 g/mol. The van der Waals surface area contributed by atoms with E-state index in [4.69, 9.17) is 4.74 Å². The minimum atomic E-state index is -1.14. The molecule has 0 radical (unpaired) electrons. The van der Waals surface area contributed by atoms with Crippen molar-refractivity contribution in [3.05, 3.63) is 59.7 Å².